The number of aryl methyl sites for hydroxylation is 3. The molecule has 2 N–H and O–H groups in total. The molecule has 2 rings (SSSR count). The summed E-state index contributed by atoms with van der Waals surface area (Å²) in [4.78, 5) is 11.9. The maximum Gasteiger partial charge on any atom is 0.183 e. The summed E-state index contributed by atoms with van der Waals surface area (Å²) in [6.07, 6.45) is -0.256. The molecule has 0 saturated heterocycles. The Morgan fingerprint density at radius 2 is 1.79 bits per heavy atom. The van der Waals surface area contributed by atoms with Gasteiger partial charge in [0.25, 0.3) is 0 Å². The zero-order chi connectivity index (χ0) is 14.2. The molecular formula is C15H19NO3. The molecule has 0 heterocycles. The average molecular weight is 261 g/mol. The molecule has 4 heteroatoms. The van der Waals surface area contributed by atoms with Gasteiger partial charge in [0.05, 0.1) is 0 Å². The largest absolute Gasteiger partial charge is 0.410 e. The van der Waals surface area contributed by atoms with Gasteiger partial charge < -0.3 is 10.3 Å². The fourth-order valence-electron chi connectivity index (χ4n) is 3.16. The zero-order valence-corrected chi connectivity index (χ0v) is 11.5. The van der Waals surface area contributed by atoms with Gasteiger partial charge in [-0.2, -0.15) is 0 Å². The van der Waals surface area contributed by atoms with Crippen LogP contribution in [0.25, 0.3) is 0 Å². The first-order valence-electron chi connectivity index (χ1n) is 6.45. The lowest BCUT2D eigenvalue weighted by Gasteiger charge is -2.28. The zero-order valence-electron chi connectivity index (χ0n) is 11.5. The lowest BCUT2D eigenvalue weighted by molar-refractivity contribution is -0.114. The monoisotopic (exact) mass is 261 g/mol. The summed E-state index contributed by atoms with van der Waals surface area (Å²) in [5, 5.41) is 21.6. The Hall–Kier alpha value is -1.68. The van der Waals surface area contributed by atoms with Crippen molar-refractivity contribution in [2.45, 2.75) is 45.6 Å². The van der Waals surface area contributed by atoms with Crippen LogP contribution in [0.1, 0.15) is 41.0 Å². The Morgan fingerprint density at radius 3 is 2.26 bits per heavy atom. The van der Waals surface area contributed by atoms with Crippen molar-refractivity contribution < 1.29 is 15.1 Å². The molecule has 19 heavy (non-hydrogen) atoms. The normalized spacial score (nSPS) is 25.9. The third-order valence-corrected chi connectivity index (χ3v) is 3.79. The van der Waals surface area contributed by atoms with Gasteiger partial charge in [0.2, 0.25) is 0 Å². The van der Waals surface area contributed by atoms with Gasteiger partial charge in [0, 0.05) is 6.42 Å². The molecule has 0 aromatic heterocycles. The van der Waals surface area contributed by atoms with Crippen LogP contribution < -0.4 is 0 Å². The summed E-state index contributed by atoms with van der Waals surface area (Å²) in [7, 11) is 0. The van der Waals surface area contributed by atoms with Crippen LogP contribution in [0.5, 0.6) is 0 Å². The van der Waals surface area contributed by atoms with Crippen molar-refractivity contribution in [1.29, 1.82) is 0 Å². The van der Waals surface area contributed by atoms with Gasteiger partial charge in [0.15, 0.2) is 11.5 Å². The predicted octanol–water partition coefficient (Wildman–Crippen LogP) is 2.25. The van der Waals surface area contributed by atoms with Crippen LogP contribution in [0.3, 0.4) is 0 Å². The number of benzene rings is 1. The van der Waals surface area contributed by atoms with Gasteiger partial charge in [-0.3, -0.25) is 4.79 Å². The molecule has 102 valence electrons. The second-order valence-corrected chi connectivity index (χ2v) is 5.37. The smallest absolute Gasteiger partial charge is 0.183 e. The number of carbonyl (C=O) groups excluding carboxylic acids is 1. The molecule has 0 aliphatic heterocycles. The van der Waals surface area contributed by atoms with Crippen LogP contribution in [-0.2, 0) is 4.79 Å². The topological polar surface area (TPSA) is 69.9 Å². The van der Waals surface area contributed by atoms with Gasteiger partial charge in [0.1, 0.15) is 6.10 Å². The van der Waals surface area contributed by atoms with E-state index in [1.165, 1.54) is 5.56 Å². The Bertz CT molecular complexity index is 525. The number of carbonyl (C=O) groups is 1. The van der Waals surface area contributed by atoms with E-state index in [2.05, 4.69) is 17.3 Å². The van der Waals surface area contributed by atoms with Crippen molar-refractivity contribution in [1.82, 2.24) is 0 Å². The van der Waals surface area contributed by atoms with Crippen LogP contribution in [0, 0.1) is 20.8 Å². The number of aliphatic hydroxyl groups is 1. The van der Waals surface area contributed by atoms with E-state index >= 15 is 0 Å². The van der Waals surface area contributed by atoms with Gasteiger partial charge >= 0.3 is 0 Å². The first kappa shape index (κ1) is 13.7. The van der Waals surface area contributed by atoms with Crippen molar-refractivity contribution >= 4 is 11.5 Å². The van der Waals surface area contributed by atoms with Gasteiger partial charge in [-0.1, -0.05) is 22.9 Å². The average Bonchev–Trinajstić information content (AvgIpc) is 2.26. The second-order valence-electron chi connectivity index (χ2n) is 5.37. The number of rotatable bonds is 1. The highest BCUT2D eigenvalue weighted by molar-refractivity contribution is 6.42. The molecule has 1 aliphatic carbocycles. The van der Waals surface area contributed by atoms with Crippen LogP contribution in [0.15, 0.2) is 17.3 Å². The van der Waals surface area contributed by atoms with E-state index < -0.39 is 6.10 Å². The SMILES string of the molecule is Cc1cc(C)c(C2CC(=O)C(=NO)C(O)C2)c(C)c1. The first-order chi connectivity index (χ1) is 8.93. The van der Waals surface area contributed by atoms with Crippen molar-refractivity contribution in [2.24, 2.45) is 5.16 Å². The number of hydrogen-bond acceptors (Lipinski definition) is 4. The predicted molar refractivity (Wildman–Crippen MR) is 72.9 cm³/mol. The van der Waals surface area contributed by atoms with Gasteiger partial charge in [-0.05, 0) is 49.8 Å². The Morgan fingerprint density at radius 1 is 1.21 bits per heavy atom. The van der Waals surface area contributed by atoms with E-state index in [-0.39, 0.29) is 17.4 Å². The molecule has 0 bridgehead atoms. The van der Waals surface area contributed by atoms with Crippen molar-refractivity contribution in [3.05, 3.63) is 34.4 Å². The standard InChI is InChI=1S/C15H19NO3/c1-8-4-9(2)14(10(3)5-8)11-6-12(17)15(16-19)13(18)7-11/h4-5,11-12,17,19H,6-7H2,1-3H3. The highest BCUT2D eigenvalue weighted by Crippen LogP contribution is 2.34. The summed E-state index contributed by atoms with van der Waals surface area (Å²) >= 11 is 0. The van der Waals surface area contributed by atoms with E-state index in [0.717, 1.165) is 16.7 Å². The molecule has 0 radical (unpaired) electrons. The highest BCUT2D eigenvalue weighted by Gasteiger charge is 2.34. The molecule has 0 amide bonds. The fourth-order valence-corrected chi connectivity index (χ4v) is 3.16. The summed E-state index contributed by atoms with van der Waals surface area (Å²) in [6, 6.07) is 4.18. The van der Waals surface area contributed by atoms with E-state index in [1.807, 2.05) is 20.8 Å². The minimum Gasteiger partial charge on any atom is -0.410 e. The van der Waals surface area contributed by atoms with Crippen molar-refractivity contribution in [3.8, 4) is 0 Å². The molecule has 4 nitrogen and oxygen atoms in total. The highest BCUT2D eigenvalue weighted by atomic mass is 16.4. The fraction of sp³-hybridized carbons (Fsp3) is 0.467. The lowest BCUT2D eigenvalue weighted by Crippen LogP contribution is -2.37. The van der Waals surface area contributed by atoms with Crippen LogP contribution in [0.4, 0.5) is 0 Å². The third-order valence-electron chi connectivity index (χ3n) is 3.79. The summed E-state index contributed by atoms with van der Waals surface area (Å²) < 4.78 is 0. The van der Waals surface area contributed by atoms with Gasteiger partial charge in [-0.25, -0.2) is 0 Å². The number of nitrogens with zero attached hydrogens (tertiary/aromatic N) is 1. The van der Waals surface area contributed by atoms with Crippen LogP contribution in [0.2, 0.25) is 0 Å². The first-order valence-corrected chi connectivity index (χ1v) is 6.45. The quantitative estimate of drug-likeness (QED) is 0.601. The van der Waals surface area contributed by atoms with Crippen molar-refractivity contribution in [3.63, 3.8) is 0 Å². The number of aliphatic hydroxyl groups excluding tert-OH is 1. The Kier molecular flexibility index (Phi) is 3.71. The molecule has 0 spiro atoms. The summed E-state index contributed by atoms with van der Waals surface area (Å²) in [5.74, 6) is -0.278. The Balaban J connectivity index is 2.37. The van der Waals surface area contributed by atoms with E-state index in [1.54, 1.807) is 0 Å². The van der Waals surface area contributed by atoms with E-state index in [9.17, 15) is 9.90 Å². The number of Topliss-reactive ketones (excluding diaryl/α,β-unsaturated/α-hetero) is 1. The second kappa shape index (κ2) is 5.13. The van der Waals surface area contributed by atoms with E-state index in [0.29, 0.717) is 12.8 Å². The lowest BCUT2D eigenvalue weighted by atomic mass is 9.77. The molecular weight excluding hydrogens is 242 g/mol. The molecule has 1 aliphatic rings. The van der Waals surface area contributed by atoms with Crippen LogP contribution >= 0.6 is 0 Å². The molecule has 2 unspecified atom stereocenters. The number of oxime groups is 1. The van der Waals surface area contributed by atoms with E-state index in [4.69, 9.17) is 5.21 Å². The Labute approximate surface area is 112 Å². The minimum atomic E-state index is -0.976. The molecule has 1 aromatic carbocycles. The minimum absolute atomic E-state index is 0.00593. The maximum absolute atomic E-state index is 11.9. The summed E-state index contributed by atoms with van der Waals surface area (Å²) in [5.41, 5.74) is 4.51. The summed E-state index contributed by atoms with van der Waals surface area (Å²) in [6.45, 7) is 6.10. The van der Waals surface area contributed by atoms with Crippen LogP contribution in [-0.4, -0.2) is 27.9 Å². The van der Waals surface area contributed by atoms with Gasteiger partial charge in [-0.15, -0.1) is 0 Å². The number of hydrogen-bond donors (Lipinski definition) is 2. The molecule has 1 aromatic rings. The molecule has 1 saturated carbocycles. The number of ketones is 1. The third kappa shape index (κ3) is 2.54. The van der Waals surface area contributed by atoms with Crippen molar-refractivity contribution in [2.75, 3.05) is 0 Å². The molecule has 2 atom stereocenters. The molecule has 1 fully saturated rings. The maximum atomic E-state index is 11.9.